The maximum absolute atomic E-state index is 12.8. The number of hydrogen-bond donors (Lipinski definition) is 2. The van der Waals surface area contributed by atoms with E-state index in [1.54, 1.807) is 0 Å². The van der Waals surface area contributed by atoms with Crippen molar-refractivity contribution in [1.82, 2.24) is 5.32 Å². The molecule has 0 aliphatic carbocycles. The minimum absolute atomic E-state index is 0.0225. The summed E-state index contributed by atoms with van der Waals surface area (Å²) in [4.78, 5) is 35.1. The first-order valence-corrected chi connectivity index (χ1v) is 22.5. The zero-order valence-corrected chi connectivity index (χ0v) is 34.4. The lowest BCUT2D eigenvalue weighted by Crippen LogP contribution is -2.28. The highest BCUT2D eigenvalue weighted by atomic mass is 16.5. The van der Waals surface area contributed by atoms with Crippen LogP contribution in [0.3, 0.4) is 0 Å². The van der Waals surface area contributed by atoms with E-state index in [0.717, 1.165) is 77.0 Å². The number of carbonyl (C=O) groups is 3. The van der Waals surface area contributed by atoms with Gasteiger partial charge in [-0.25, -0.2) is 0 Å². The quantitative estimate of drug-likeness (QED) is 0.0371. The van der Waals surface area contributed by atoms with Gasteiger partial charge >= 0.3 is 11.9 Å². The molecule has 0 aliphatic rings. The lowest BCUT2D eigenvalue weighted by molar-refractivity contribution is -0.150. The minimum atomic E-state index is -1.01. The number of amides is 1. The summed E-state index contributed by atoms with van der Waals surface area (Å²) >= 11 is 0. The fourth-order valence-corrected chi connectivity index (χ4v) is 6.78. The van der Waals surface area contributed by atoms with Crippen molar-refractivity contribution in [2.75, 3.05) is 6.54 Å². The maximum Gasteiger partial charge on any atom is 0.322 e. The van der Waals surface area contributed by atoms with Crippen LogP contribution < -0.4 is 5.32 Å². The van der Waals surface area contributed by atoms with Crippen molar-refractivity contribution in [3.8, 4) is 0 Å². The Kier molecular flexibility index (Phi) is 40.0. The third-order valence-electron chi connectivity index (χ3n) is 10.1. The van der Waals surface area contributed by atoms with E-state index in [1.165, 1.54) is 135 Å². The van der Waals surface area contributed by atoms with Gasteiger partial charge in [-0.3, -0.25) is 14.4 Å². The lowest BCUT2D eigenvalue weighted by atomic mass is 10.0. The smallest absolute Gasteiger partial charge is 0.322 e. The summed E-state index contributed by atoms with van der Waals surface area (Å²) in [6.07, 6.45) is 50.1. The van der Waals surface area contributed by atoms with E-state index >= 15 is 0 Å². The van der Waals surface area contributed by atoms with Crippen LogP contribution in [0.4, 0.5) is 0 Å². The Labute approximate surface area is 322 Å². The molecule has 52 heavy (non-hydrogen) atoms. The second-order valence-corrected chi connectivity index (χ2v) is 15.3. The second kappa shape index (κ2) is 41.6. The van der Waals surface area contributed by atoms with Gasteiger partial charge in [-0.1, -0.05) is 179 Å². The van der Waals surface area contributed by atoms with Crippen LogP contribution in [0.5, 0.6) is 0 Å². The molecular formula is C46H85NO5. The van der Waals surface area contributed by atoms with Gasteiger partial charge < -0.3 is 15.2 Å². The largest absolute Gasteiger partial charge is 0.480 e. The monoisotopic (exact) mass is 732 g/mol. The van der Waals surface area contributed by atoms with Gasteiger partial charge in [0.1, 0.15) is 12.6 Å². The third-order valence-corrected chi connectivity index (χ3v) is 10.1. The Morgan fingerprint density at radius 3 is 1.35 bits per heavy atom. The van der Waals surface area contributed by atoms with Crippen LogP contribution in [-0.2, 0) is 19.1 Å². The Bertz CT molecular complexity index is 854. The molecule has 0 spiro atoms. The highest BCUT2D eigenvalue weighted by Gasteiger charge is 2.14. The van der Waals surface area contributed by atoms with Crippen molar-refractivity contribution < 1.29 is 24.2 Å². The highest BCUT2D eigenvalue weighted by Crippen LogP contribution is 2.19. The van der Waals surface area contributed by atoms with Gasteiger partial charge in [0.05, 0.1) is 0 Å². The zero-order valence-electron chi connectivity index (χ0n) is 34.4. The molecule has 0 saturated carbocycles. The van der Waals surface area contributed by atoms with Crippen molar-refractivity contribution in [3.63, 3.8) is 0 Å². The van der Waals surface area contributed by atoms with Crippen LogP contribution in [0, 0.1) is 0 Å². The first-order chi connectivity index (χ1) is 25.5. The molecule has 2 N–H and O–H groups in total. The van der Waals surface area contributed by atoms with Crippen LogP contribution in [0.2, 0.25) is 0 Å². The van der Waals surface area contributed by atoms with Crippen molar-refractivity contribution >= 4 is 17.8 Å². The van der Waals surface area contributed by atoms with Crippen molar-refractivity contribution in [2.45, 2.75) is 245 Å². The standard InChI is InChI=1S/C46H85NO5/c1-3-5-7-9-11-13-15-17-19-20-22-24-26-28-33-37-41-46(51)52-43(39-35-31-29-32-36-40-44(48)47-42-45(49)50)38-34-30-27-25-23-21-18-16-14-12-10-8-6-4-2/h13,15,19-20,43H,3-12,14,16-18,21-42H2,1-2H3,(H,47,48)(H,49,50)/b15-13-,20-19-. The number of aliphatic carboxylic acids is 1. The molecule has 1 unspecified atom stereocenters. The highest BCUT2D eigenvalue weighted by molar-refractivity contribution is 5.80. The van der Waals surface area contributed by atoms with Gasteiger partial charge in [0.2, 0.25) is 5.91 Å². The summed E-state index contributed by atoms with van der Waals surface area (Å²) in [5.41, 5.74) is 0. The molecule has 0 aromatic heterocycles. The van der Waals surface area contributed by atoms with Gasteiger partial charge in [-0.05, 0) is 70.6 Å². The predicted octanol–water partition coefficient (Wildman–Crippen LogP) is 13.9. The number of carboxylic acid groups (broad SMARTS) is 1. The summed E-state index contributed by atoms with van der Waals surface area (Å²) in [6, 6.07) is 0. The van der Waals surface area contributed by atoms with Gasteiger partial charge in [0.25, 0.3) is 0 Å². The van der Waals surface area contributed by atoms with Gasteiger partial charge in [0, 0.05) is 12.8 Å². The molecule has 0 radical (unpaired) electrons. The van der Waals surface area contributed by atoms with E-state index in [4.69, 9.17) is 9.84 Å². The number of nitrogens with one attached hydrogen (secondary N) is 1. The second-order valence-electron chi connectivity index (χ2n) is 15.3. The predicted molar refractivity (Wildman–Crippen MR) is 222 cm³/mol. The van der Waals surface area contributed by atoms with Crippen LogP contribution in [-0.4, -0.2) is 35.6 Å². The van der Waals surface area contributed by atoms with E-state index in [2.05, 4.69) is 43.5 Å². The third kappa shape index (κ3) is 40.7. The molecule has 0 aliphatic heterocycles. The molecule has 0 rings (SSSR count). The minimum Gasteiger partial charge on any atom is -0.480 e. The van der Waals surface area contributed by atoms with Crippen molar-refractivity contribution in [1.29, 1.82) is 0 Å². The summed E-state index contributed by atoms with van der Waals surface area (Å²) < 4.78 is 6.04. The van der Waals surface area contributed by atoms with E-state index in [0.29, 0.717) is 12.8 Å². The first-order valence-electron chi connectivity index (χ1n) is 22.5. The van der Waals surface area contributed by atoms with Crippen molar-refractivity contribution in [2.24, 2.45) is 0 Å². The Hall–Kier alpha value is -2.11. The SMILES string of the molecule is CCCCCC/C=C\C/C=C\CCCCCCCC(=O)OC(CCCCCCCCCCCCCCCC)CCCCCCCC(=O)NCC(=O)O. The van der Waals surface area contributed by atoms with Crippen molar-refractivity contribution in [3.05, 3.63) is 24.3 Å². The molecule has 6 heteroatoms. The van der Waals surface area contributed by atoms with Crippen LogP contribution >= 0.6 is 0 Å². The molecule has 304 valence electrons. The van der Waals surface area contributed by atoms with E-state index in [-0.39, 0.29) is 24.5 Å². The van der Waals surface area contributed by atoms with Gasteiger partial charge in [-0.15, -0.1) is 0 Å². The number of ether oxygens (including phenoxy) is 1. The van der Waals surface area contributed by atoms with Crippen LogP contribution in [0.15, 0.2) is 24.3 Å². The molecule has 0 aromatic carbocycles. The number of carboxylic acids is 1. The average molecular weight is 732 g/mol. The topological polar surface area (TPSA) is 92.7 Å². The Morgan fingerprint density at radius 2 is 0.885 bits per heavy atom. The number of rotatable bonds is 41. The van der Waals surface area contributed by atoms with Gasteiger partial charge in [-0.2, -0.15) is 0 Å². The molecule has 0 heterocycles. The fraction of sp³-hybridized carbons (Fsp3) is 0.848. The molecule has 0 fully saturated rings. The summed E-state index contributed by atoms with van der Waals surface area (Å²) in [5.74, 6) is -1.23. The molecular weight excluding hydrogens is 647 g/mol. The molecule has 0 saturated heterocycles. The van der Waals surface area contributed by atoms with Crippen LogP contribution in [0.1, 0.15) is 239 Å². The van der Waals surface area contributed by atoms with E-state index < -0.39 is 5.97 Å². The number of esters is 1. The maximum atomic E-state index is 12.8. The molecule has 0 bridgehead atoms. The first kappa shape index (κ1) is 49.9. The Balaban J connectivity index is 4.17. The number of unbranched alkanes of at least 4 members (excludes halogenated alkanes) is 26. The van der Waals surface area contributed by atoms with E-state index in [9.17, 15) is 14.4 Å². The van der Waals surface area contributed by atoms with E-state index in [1.807, 2.05) is 0 Å². The molecule has 1 amide bonds. The Morgan fingerprint density at radius 1 is 0.500 bits per heavy atom. The van der Waals surface area contributed by atoms with Gasteiger partial charge in [0.15, 0.2) is 0 Å². The number of hydrogen-bond acceptors (Lipinski definition) is 4. The summed E-state index contributed by atoms with van der Waals surface area (Å²) in [6.45, 7) is 4.22. The summed E-state index contributed by atoms with van der Waals surface area (Å²) in [7, 11) is 0. The molecule has 1 atom stereocenters. The number of carbonyl (C=O) groups excluding carboxylic acids is 2. The average Bonchev–Trinajstić information content (AvgIpc) is 3.13. The lowest BCUT2D eigenvalue weighted by Gasteiger charge is -2.18. The fourth-order valence-electron chi connectivity index (χ4n) is 6.78. The molecule has 6 nitrogen and oxygen atoms in total. The number of allylic oxidation sites excluding steroid dienone is 4. The summed E-state index contributed by atoms with van der Waals surface area (Å²) in [5, 5.41) is 11.1. The van der Waals surface area contributed by atoms with Crippen LogP contribution in [0.25, 0.3) is 0 Å². The normalized spacial score (nSPS) is 12.2. The molecule has 0 aromatic rings. The zero-order chi connectivity index (χ0) is 38.0.